The first kappa shape index (κ1) is 19.2. The van der Waals surface area contributed by atoms with Gasteiger partial charge in [0.05, 0.1) is 6.54 Å². The van der Waals surface area contributed by atoms with Crippen molar-refractivity contribution in [1.82, 2.24) is 15.6 Å². The number of anilines is 1. The zero-order valence-corrected chi connectivity index (χ0v) is 15.5. The second-order valence-corrected chi connectivity index (χ2v) is 6.45. The molecule has 144 valence electrons. The van der Waals surface area contributed by atoms with E-state index in [0.717, 1.165) is 16.5 Å². The van der Waals surface area contributed by atoms with Gasteiger partial charge in [-0.25, -0.2) is 0 Å². The third kappa shape index (κ3) is 4.97. The maximum atomic E-state index is 12.6. The summed E-state index contributed by atoms with van der Waals surface area (Å²) >= 11 is 0. The average molecular weight is 378 g/mol. The minimum atomic E-state index is -0.777. The summed E-state index contributed by atoms with van der Waals surface area (Å²) in [4.78, 5) is 39.3. The number of H-pyrrole nitrogens is 1. The first-order valence-corrected chi connectivity index (χ1v) is 8.97. The Morgan fingerprint density at radius 3 is 2.46 bits per heavy atom. The Hall–Kier alpha value is -3.61. The Morgan fingerprint density at radius 1 is 1.00 bits per heavy atom. The van der Waals surface area contributed by atoms with Gasteiger partial charge in [-0.1, -0.05) is 36.4 Å². The van der Waals surface area contributed by atoms with E-state index in [1.807, 2.05) is 48.7 Å². The van der Waals surface area contributed by atoms with Gasteiger partial charge >= 0.3 is 0 Å². The van der Waals surface area contributed by atoms with E-state index in [1.54, 1.807) is 12.1 Å². The van der Waals surface area contributed by atoms with Gasteiger partial charge in [-0.05, 0) is 23.8 Å². The highest BCUT2D eigenvalue weighted by molar-refractivity contribution is 5.96. The second kappa shape index (κ2) is 8.85. The minimum Gasteiger partial charge on any atom is -0.361 e. The van der Waals surface area contributed by atoms with Crippen molar-refractivity contribution in [3.05, 3.63) is 66.4 Å². The number of carbonyl (C=O) groups is 3. The molecule has 1 atom stereocenters. The van der Waals surface area contributed by atoms with Gasteiger partial charge in [-0.2, -0.15) is 0 Å². The van der Waals surface area contributed by atoms with Gasteiger partial charge in [0.1, 0.15) is 6.04 Å². The van der Waals surface area contributed by atoms with Crippen LogP contribution in [0.4, 0.5) is 5.69 Å². The minimum absolute atomic E-state index is 0.183. The van der Waals surface area contributed by atoms with Crippen LogP contribution in [0.5, 0.6) is 0 Å². The predicted molar refractivity (Wildman–Crippen MR) is 108 cm³/mol. The molecule has 0 radical (unpaired) electrons. The van der Waals surface area contributed by atoms with Gasteiger partial charge in [0, 0.05) is 36.1 Å². The summed E-state index contributed by atoms with van der Waals surface area (Å²) in [6.07, 6.45) is 2.14. The largest absolute Gasteiger partial charge is 0.361 e. The number of hydrogen-bond acceptors (Lipinski definition) is 3. The van der Waals surface area contributed by atoms with Crippen LogP contribution in [0, 0.1) is 0 Å². The highest BCUT2D eigenvalue weighted by Crippen LogP contribution is 2.19. The van der Waals surface area contributed by atoms with Crippen molar-refractivity contribution in [3.8, 4) is 0 Å². The number of carbonyl (C=O) groups excluding carboxylic acids is 3. The molecule has 1 heterocycles. The number of aromatic nitrogens is 1. The Bertz CT molecular complexity index is 981. The fourth-order valence-electron chi connectivity index (χ4n) is 2.99. The molecule has 0 aliphatic carbocycles. The maximum absolute atomic E-state index is 12.6. The molecule has 0 saturated heterocycles. The van der Waals surface area contributed by atoms with E-state index < -0.39 is 11.9 Å². The monoisotopic (exact) mass is 378 g/mol. The molecule has 0 aliphatic heterocycles. The number of hydrogen-bond donors (Lipinski definition) is 4. The normalized spacial score (nSPS) is 11.6. The number of rotatable bonds is 7. The summed E-state index contributed by atoms with van der Waals surface area (Å²) in [5, 5.41) is 8.95. The number of nitrogens with one attached hydrogen (secondary N) is 4. The zero-order chi connectivity index (χ0) is 19.9. The molecule has 4 N–H and O–H groups in total. The lowest BCUT2D eigenvalue weighted by Gasteiger charge is -2.17. The molecular formula is C21H22N4O3. The van der Waals surface area contributed by atoms with E-state index in [9.17, 15) is 14.4 Å². The van der Waals surface area contributed by atoms with Crippen molar-refractivity contribution in [2.75, 3.05) is 11.9 Å². The number of para-hydroxylation sites is 2. The third-order valence-electron chi connectivity index (χ3n) is 4.27. The van der Waals surface area contributed by atoms with Crippen molar-refractivity contribution in [3.63, 3.8) is 0 Å². The SMILES string of the molecule is CC(=O)NC(Cc1c[nH]c2ccccc12)C(=O)NCC(=O)Nc1ccccc1. The van der Waals surface area contributed by atoms with Crippen LogP contribution in [0.15, 0.2) is 60.8 Å². The van der Waals surface area contributed by atoms with Gasteiger partial charge in [0.15, 0.2) is 0 Å². The summed E-state index contributed by atoms with van der Waals surface area (Å²) in [7, 11) is 0. The third-order valence-corrected chi connectivity index (χ3v) is 4.27. The molecule has 1 unspecified atom stereocenters. The van der Waals surface area contributed by atoms with Crippen LogP contribution >= 0.6 is 0 Å². The number of amides is 3. The lowest BCUT2D eigenvalue weighted by Crippen LogP contribution is -2.49. The van der Waals surface area contributed by atoms with Crippen LogP contribution in [0.2, 0.25) is 0 Å². The Labute approximate surface area is 162 Å². The van der Waals surface area contributed by atoms with Gasteiger partial charge in [-0.15, -0.1) is 0 Å². The molecule has 0 bridgehead atoms. The summed E-state index contributed by atoms with van der Waals surface area (Å²) in [6.45, 7) is 1.18. The van der Waals surface area contributed by atoms with Gasteiger partial charge in [0.25, 0.3) is 0 Å². The van der Waals surface area contributed by atoms with Crippen LogP contribution in [0.3, 0.4) is 0 Å². The van der Waals surface area contributed by atoms with Gasteiger partial charge < -0.3 is 20.9 Å². The molecular weight excluding hydrogens is 356 g/mol. The van der Waals surface area contributed by atoms with Crippen molar-refractivity contribution in [2.24, 2.45) is 0 Å². The summed E-state index contributed by atoms with van der Waals surface area (Å²) in [5.74, 6) is -1.06. The van der Waals surface area contributed by atoms with Gasteiger partial charge in [0.2, 0.25) is 17.7 Å². The Morgan fingerprint density at radius 2 is 1.71 bits per heavy atom. The van der Waals surface area contributed by atoms with E-state index >= 15 is 0 Å². The highest BCUT2D eigenvalue weighted by atomic mass is 16.2. The Balaban J connectivity index is 1.63. The van der Waals surface area contributed by atoms with Crippen LogP contribution < -0.4 is 16.0 Å². The maximum Gasteiger partial charge on any atom is 0.243 e. The van der Waals surface area contributed by atoms with Crippen LogP contribution in [0.1, 0.15) is 12.5 Å². The summed E-state index contributed by atoms with van der Waals surface area (Å²) in [6, 6.07) is 15.9. The van der Waals surface area contributed by atoms with Crippen LogP contribution in [-0.4, -0.2) is 35.3 Å². The van der Waals surface area contributed by atoms with E-state index in [4.69, 9.17) is 0 Å². The summed E-state index contributed by atoms with van der Waals surface area (Å²) in [5.41, 5.74) is 2.53. The second-order valence-electron chi connectivity index (χ2n) is 6.45. The molecule has 2 aromatic carbocycles. The predicted octanol–water partition coefficient (Wildman–Crippen LogP) is 1.97. The standard InChI is InChI=1S/C21H22N4O3/c1-14(26)24-19(11-15-12-22-18-10-6-5-9-17(15)18)21(28)23-13-20(27)25-16-7-3-2-4-8-16/h2-10,12,19,22H,11,13H2,1H3,(H,23,28)(H,24,26)(H,25,27). The van der Waals surface area contributed by atoms with E-state index in [2.05, 4.69) is 20.9 Å². The highest BCUT2D eigenvalue weighted by Gasteiger charge is 2.22. The zero-order valence-electron chi connectivity index (χ0n) is 15.5. The lowest BCUT2D eigenvalue weighted by atomic mass is 10.0. The average Bonchev–Trinajstić information content (AvgIpc) is 3.09. The van der Waals surface area contributed by atoms with Crippen molar-refractivity contribution < 1.29 is 14.4 Å². The number of benzene rings is 2. The molecule has 7 nitrogen and oxygen atoms in total. The molecule has 3 amide bonds. The molecule has 7 heteroatoms. The molecule has 3 aromatic rings. The van der Waals surface area contributed by atoms with E-state index in [1.165, 1.54) is 6.92 Å². The fraction of sp³-hybridized carbons (Fsp3) is 0.190. The smallest absolute Gasteiger partial charge is 0.243 e. The molecule has 28 heavy (non-hydrogen) atoms. The molecule has 0 spiro atoms. The first-order valence-electron chi connectivity index (χ1n) is 8.97. The fourth-order valence-corrected chi connectivity index (χ4v) is 2.99. The van der Waals surface area contributed by atoms with E-state index in [-0.39, 0.29) is 18.4 Å². The summed E-state index contributed by atoms with van der Waals surface area (Å²) < 4.78 is 0. The molecule has 0 aliphatic rings. The van der Waals surface area contributed by atoms with Crippen molar-refractivity contribution in [2.45, 2.75) is 19.4 Å². The van der Waals surface area contributed by atoms with Crippen LogP contribution in [0.25, 0.3) is 10.9 Å². The lowest BCUT2D eigenvalue weighted by molar-refractivity contribution is -0.129. The van der Waals surface area contributed by atoms with Crippen LogP contribution in [-0.2, 0) is 20.8 Å². The first-order chi connectivity index (χ1) is 13.5. The number of fused-ring (bicyclic) bond motifs is 1. The molecule has 1 aromatic heterocycles. The molecule has 0 fully saturated rings. The Kier molecular flexibility index (Phi) is 6.06. The number of aromatic amines is 1. The van der Waals surface area contributed by atoms with Crippen molar-refractivity contribution in [1.29, 1.82) is 0 Å². The van der Waals surface area contributed by atoms with Gasteiger partial charge in [-0.3, -0.25) is 14.4 Å². The van der Waals surface area contributed by atoms with E-state index in [0.29, 0.717) is 12.1 Å². The molecule has 3 rings (SSSR count). The topological polar surface area (TPSA) is 103 Å². The quantitative estimate of drug-likeness (QED) is 0.505. The van der Waals surface area contributed by atoms with Crippen molar-refractivity contribution >= 4 is 34.3 Å². The molecule has 0 saturated carbocycles.